The maximum atomic E-state index is 12.7. The Morgan fingerprint density at radius 3 is 2.76 bits per heavy atom. The summed E-state index contributed by atoms with van der Waals surface area (Å²) in [7, 11) is 0. The van der Waals surface area contributed by atoms with Gasteiger partial charge in [-0.2, -0.15) is 0 Å². The summed E-state index contributed by atoms with van der Waals surface area (Å²) in [5.74, 6) is -0.297. The number of β-amino-alcohol motifs (C(OH)–C–C–N with tert-alkyl or cyclic N) is 1. The molecule has 2 saturated heterocycles. The molecule has 2 aliphatic heterocycles. The van der Waals surface area contributed by atoms with Gasteiger partial charge in [-0.15, -0.1) is 0 Å². The molecule has 132 valence electrons. The molecule has 0 spiro atoms. The van der Waals surface area contributed by atoms with Crippen molar-refractivity contribution in [2.45, 2.75) is 24.9 Å². The van der Waals surface area contributed by atoms with E-state index in [0.717, 1.165) is 13.1 Å². The summed E-state index contributed by atoms with van der Waals surface area (Å²) in [5.41, 5.74) is -0.696. The second kappa shape index (κ2) is 6.28. The van der Waals surface area contributed by atoms with Gasteiger partial charge in [0.1, 0.15) is 5.58 Å². The van der Waals surface area contributed by atoms with Crippen LogP contribution in [0.25, 0.3) is 11.0 Å². The van der Waals surface area contributed by atoms with E-state index in [4.69, 9.17) is 4.42 Å². The third-order valence-electron chi connectivity index (χ3n) is 5.18. The van der Waals surface area contributed by atoms with E-state index in [0.29, 0.717) is 30.5 Å². The Hall–Kier alpha value is -2.18. The first kappa shape index (κ1) is 16.3. The molecule has 1 aromatic heterocycles. The van der Waals surface area contributed by atoms with Crippen molar-refractivity contribution in [3.8, 4) is 0 Å². The molecule has 6 heteroatoms. The summed E-state index contributed by atoms with van der Waals surface area (Å²) in [6.07, 6.45) is 2.88. The third kappa shape index (κ3) is 3.19. The largest absolute Gasteiger partial charge is 0.451 e. The van der Waals surface area contributed by atoms with Crippen molar-refractivity contribution < 1.29 is 14.3 Å². The number of benzene rings is 1. The number of hydrogen-bond acceptors (Lipinski definition) is 5. The zero-order valence-corrected chi connectivity index (χ0v) is 14.1. The fraction of sp³-hybridized carbons (Fsp3) is 0.474. The van der Waals surface area contributed by atoms with E-state index in [1.54, 1.807) is 29.2 Å². The zero-order valence-electron chi connectivity index (χ0n) is 14.1. The Bertz CT molecular complexity index is 856. The molecule has 0 bridgehead atoms. The second-order valence-corrected chi connectivity index (χ2v) is 7.16. The van der Waals surface area contributed by atoms with Crippen molar-refractivity contribution in [3.05, 3.63) is 46.3 Å². The van der Waals surface area contributed by atoms with Crippen LogP contribution < -0.4 is 5.43 Å². The van der Waals surface area contributed by atoms with E-state index in [1.165, 1.54) is 18.9 Å². The van der Waals surface area contributed by atoms with Crippen LogP contribution in [0, 0.1) is 0 Å². The minimum atomic E-state index is -0.878. The second-order valence-electron chi connectivity index (χ2n) is 7.16. The van der Waals surface area contributed by atoms with E-state index in [-0.39, 0.29) is 23.6 Å². The molecular weight excluding hydrogens is 320 g/mol. The number of hydrogen-bond donors (Lipinski definition) is 1. The third-order valence-corrected chi connectivity index (χ3v) is 5.18. The molecule has 0 saturated carbocycles. The number of aliphatic hydroxyl groups is 1. The lowest BCUT2D eigenvalue weighted by Crippen LogP contribution is -2.45. The fourth-order valence-electron chi connectivity index (χ4n) is 3.88. The van der Waals surface area contributed by atoms with Crippen LogP contribution in [0.1, 0.15) is 29.8 Å². The summed E-state index contributed by atoms with van der Waals surface area (Å²) < 4.78 is 5.64. The lowest BCUT2D eigenvalue weighted by Gasteiger charge is -2.28. The van der Waals surface area contributed by atoms with Crippen LogP contribution in [0.3, 0.4) is 0 Å². The smallest absolute Gasteiger partial charge is 0.289 e. The highest BCUT2D eigenvalue weighted by Gasteiger charge is 2.40. The molecule has 2 aromatic rings. The van der Waals surface area contributed by atoms with E-state index >= 15 is 0 Å². The first-order chi connectivity index (χ1) is 12.0. The van der Waals surface area contributed by atoms with E-state index in [1.807, 2.05) is 0 Å². The number of amides is 1. The first-order valence-electron chi connectivity index (χ1n) is 8.81. The Morgan fingerprint density at radius 1 is 1.20 bits per heavy atom. The number of carbonyl (C=O) groups is 1. The SMILES string of the molecule is O=C(c1cc(=O)c2ccccc2o1)N1CC[C@@](O)(CN2CCCC2)C1. The molecule has 3 heterocycles. The predicted octanol–water partition coefficient (Wildman–Crippen LogP) is 1.47. The fourth-order valence-corrected chi connectivity index (χ4v) is 3.88. The molecule has 0 aliphatic carbocycles. The molecule has 1 atom stereocenters. The van der Waals surface area contributed by atoms with Gasteiger partial charge in [-0.3, -0.25) is 9.59 Å². The Morgan fingerprint density at radius 2 is 1.96 bits per heavy atom. The average Bonchev–Trinajstić information content (AvgIpc) is 3.24. The number of para-hydroxylation sites is 1. The van der Waals surface area contributed by atoms with Gasteiger partial charge < -0.3 is 19.3 Å². The Labute approximate surface area is 145 Å². The number of nitrogens with zero attached hydrogens (tertiary/aromatic N) is 2. The number of carbonyl (C=O) groups excluding carboxylic acids is 1. The van der Waals surface area contributed by atoms with Crippen LogP contribution in [0.2, 0.25) is 0 Å². The van der Waals surface area contributed by atoms with Crippen molar-refractivity contribution >= 4 is 16.9 Å². The summed E-state index contributed by atoms with van der Waals surface area (Å²) in [6, 6.07) is 8.15. The lowest BCUT2D eigenvalue weighted by atomic mass is 10.0. The van der Waals surface area contributed by atoms with Crippen LogP contribution in [0.15, 0.2) is 39.5 Å². The maximum absolute atomic E-state index is 12.7. The molecule has 6 nitrogen and oxygen atoms in total. The van der Waals surface area contributed by atoms with Gasteiger partial charge in [0.15, 0.2) is 11.2 Å². The van der Waals surface area contributed by atoms with Gasteiger partial charge in [0.25, 0.3) is 5.91 Å². The van der Waals surface area contributed by atoms with Crippen molar-refractivity contribution in [2.24, 2.45) is 0 Å². The highest BCUT2D eigenvalue weighted by atomic mass is 16.3. The van der Waals surface area contributed by atoms with Crippen molar-refractivity contribution in [2.75, 3.05) is 32.7 Å². The quantitative estimate of drug-likeness (QED) is 0.914. The van der Waals surface area contributed by atoms with Crippen LogP contribution in [0.5, 0.6) is 0 Å². The molecule has 1 N–H and O–H groups in total. The number of fused-ring (bicyclic) bond motifs is 1. The molecule has 1 amide bonds. The van der Waals surface area contributed by atoms with E-state index in [9.17, 15) is 14.7 Å². The van der Waals surface area contributed by atoms with Crippen LogP contribution in [0.4, 0.5) is 0 Å². The summed E-state index contributed by atoms with van der Waals surface area (Å²) >= 11 is 0. The normalized spacial score (nSPS) is 24.3. The lowest BCUT2D eigenvalue weighted by molar-refractivity contribution is 0.0171. The van der Waals surface area contributed by atoms with Crippen molar-refractivity contribution in [3.63, 3.8) is 0 Å². The van der Waals surface area contributed by atoms with Gasteiger partial charge in [-0.1, -0.05) is 12.1 Å². The summed E-state index contributed by atoms with van der Waals surface area (Å²) in [5, 5.41) is 11.3. The average molecular weight is 342 g/mol. The predicted molar refractivity (Wildman–Crippen MR) is 93.6 cm³/mol. The first-order valence-corrected chi connectivity index (χ1v) is 8.81. The highest BCUT2D eigenvalue weighted by Crippen LogP contribution is 2.26. The Kier molecular flexibility index (Phi) is 4.09. The minimum absolute atomic E-state index is 0.0362. The highest BCUT2D eigenvalue weighted by molar-refractivity contribution is 5.93. The van der Waals surface area contributed by atoms with E-state index in [2.05, 4.69) is 4.90 Å². The van der Waals surface area contributed by atoms with Gasteiger partial charge in [-0.25, -0.2) is 0 Å². The van der Waals surface area contributed by atoms with Gasteiger partial charge in [0.05, 0.1) is 17.5 Å². The topological polar surface area (TPSA) is 74.0 Å². The van der Waals surface area contributed by atoms with Gasteiger partial charge >= 0.3 is 0 Å². The Balaban J connectivity index is 1.52. The summed E-state index contributed by atoms with van der Waals surface area (Å²) in [4.78, 5) is 28.8. The maximum Gasteiger partial charge on any atom is 0.289 e. The zero-order chi connectivity index (χ0) is 17.4. The van der Waals surface area contributed by atoms with Gasteiger partial charge in [-0.05, 0) is 44.5 Å². The number of likely N-dealkylation sites (tertiary alicyclic amines) is 2. The monoisotopic (exact) mass is 342 g/mol. The molecule has 1 aromatic carbocycles. The van der Waals surface area contributed by atoms with Gasteiger partial charge in [0, 0.05) is 19.2 Å². The van der Waals surface area contributed by atoms with Crippen LogP contribution >= 0.6 is 0 Å². The molecule has 25 heavy (non-hydrogen) atoms. The number of rotatable bonds is 3. The van der Waals surface area contributed by atoms with Crippen LogP contribution in [-0.4, -0.2) is 59.1 Å². The molecular formula is C19H22N2O4. The molecule has 0 radical (unpaired) electrons. The van der Waals surface area contributed by atoms with Gasteiger partial charge in [0.2, 0.25) is 0 Å². The van der Waals surface area contributed by atoms with Crippen molar-refractivity contribution in [1.82, 2.24) is 9.80 Å². The molecule has 2 aliphatic rings. The standard InChI is InChI=1S/C19H22N2O4/c22-15-11-17(25-16-6-2-1-5-14(15)16)18(23)21-10-7-19(24,13-21)12-20-8-3-4-9-20/h1-2,5-6,11,24H,3-4,7-10,12-13H2/t19-/m1/s1. The van der Waals surface area contributed by atoms with Crippen LogP contribution in [-0.2, 0) is 0 Å². The minimum Gasteiger partial charge on any atom is -0.451 e. The molecule has 2 fully saturated rings. The van der Waals surface area contributed by atoms with Crippen molar-refractivity contribution in [1.29, 1.82) is 0 Å². The molecule has 4 rings (SSSR count). The molecule has 0 unspecified atom stereocenters. The van der Waals surface area contributed by atoms with E-state index < -0.39 is 5.60 Å². The summed E-state index contributed by atoms with van der Waals surface area (Å²) in [6.45, 7) is 3.36.